The number of hydrogen-bond acceptors (Lipinski definition) is 3. The van der Waals surface area contributed by atoms with Crippen LogP contribution in [-0.4, -0.2) is 26.6 Å². The normalized spacial score (nSPS) is 12.5. The number of aryl methyl sites for hydroxylation is 2. The molecule has 0 fully saturated rings. The van der Waals surface area contributed by atoms with Crippen LogP contribution < -0.4 is 9.62 Å². The molecule has 0 saturated carbocycles. The first-order valence-corrected chi connectivity index (χ1v) is 11.4. The molecule has 0 aliphatic rings. The quantitative estimate of drug-likeness (QED) is 0.687. The van der Waals surface area contributed by atoms with Crippen molar-refractivity contribution >= 4 is 44.8 Å². The van der Waals surface area contributed by atoms with Crippen LogP contribution in [-0.2, 0) is 21.4 Å². The molecule has 0 spiro atoms. The fourth-order valence-electron chi connectivity index (χ4n) is 3.10. The summed E-state index contributed by atoms with van der Waals surface area (Å²) in [5, 5.41) is 3.73. The molecule has 1 amide bonds. The van der Waals surface area contributed by atoms with Crippen LogP contribution in [0.2, 0.25) is 10.0 Å². The van der Waals surface area contributed by atoms with E-state index in [1.165, 1.54) is 4.31 Å². The molecule has 1 atom stereocenters. The van der Waals surface area contributed by atoms with Gasteiger partial charge >= 0.3 is 0 Å². The van der Waals surface area contributed by atoms with Crippen molar-refractivity contribution in [3.8, 4) is 0 Å². The Morgan fingerprint density at radius 3 is 2.21 bits per heavy atom. The summed E-state index contributed by atoms with van der Waals surface area (Å²) < 4.78 is 26.3. The van der Waals surface area contributed by atoms with Gasteiger partial charge in [-0.2, -0.15) is 0 Å². The van der Waals surface area contributed by atoms with E-state index in [4.69, 9.17) is 23.2 Å². The highest BCUT2D eigenvalue weighted by molar-refractivity contribution is 7.92. The zero-order valence-electron chi connectivity index (χ0n) is 16.3. The lowest BCUT2D eigenvalue weighted by molar-refractivity contribution is -0.122. The summed E-state index contributed by atoms with van der Waals surface area (Å²) in [7, 11) is -3.68. The number of rotatable bonds is 7. The maximum atomic E-state index is 12.9. The highest BCUT2D eigenvalue weighted by Crippen LogP contribution is 2.26. The highest BCUT2D eigenvalue weighted by Gasteiger charge is 2.31. The Morgan fingerprint density at radius 1 is 1.11 bits per heavy atom. The highest BCUT2D eigenvalue weighted by atomic mass is 35.5. The van der Waals surface area contributed by atoms with Crippen molar-refractivity contribution in [2.45, 2.75) is 39.8 Å². The van der Waals surface area contributed by atoms with E-state index in [1.807, 2.05) is 19.9 Å². The second-order valence-corrected chi connectivity index (χ2v) is 9.49. The van der Waals surface area contributed by atoms with Crippen LogP contribution >= 0.6 is 23.2 Å². The maximum Gasteiger partial charge on any atom is 0.244 e. The lowest BCUT2D eigenvalue weighted by Gasteiger charge is -2.30. The second kappa shape index (κ2) is 9.16. The van der Waals surface area contributed by atoms with Crippen molar-refractivity contribution in [1.29, 1.82) is 0 Å². The van der Waals surface area contributed by atoms with Gasteiger partial charge in [-0.05, 0) is 61.2 Å². The smallest absolute Gasteiger partial charge is 0.244 e. The van der Waals surface area contributed by atoms with Crippen LogP contribution in [0.15, 0.2) is 36.4 Å². The standard InChI is InChI=1S/C20H24Cl2N2O3S/c1-5-19(20(25)23-12-15-6-7-16(21)11-18(15)22)24(28(4,26)27)17-9-13(2)8-14(3)10-17/h6-11,19H,5,12H2,1-4H3,(H,23,25). The fourth-order valence-corrected chi connectivity index (χ4v) is 4.77. The van der Waals surface area contributed by atoms with E-state index in [1.54, 1.807) is 37.3 Å². The van der Waals surface area contributed by atoms with Crippen molar-refractivity contribution in [2.75, 3.05) is 10.6 Å². The SMILES string of the molecule is CCC(C(=O)NCc1ccc(Cl)cc1Cl)N(c1cc(C)cc(C)c1)S(C)(=O)=O. The molecule has 2 aromatic carbocycles. The number of nitrogens with zero attached hydrogens (tertiary/aromatic N) is 1. The fraction of sp³-hybridized carbons (Fsp3) is 0.350. The van der Waals surface area contributed by atoms with Crippen molar-refractivity contribution in [3.63, 3.8) is 0 Å². The van der Waals surface area contributed by atoms with Crippen LogP contribution in [0, 0.1) is 13.8 Å². The van der Waals surface area contributed by atoms with E-state index in [0.717, 1.165) is 17.4 Å². The third kappa shape index (κ3) is 5.63. The molecule has 2 aromatic rings. The average Bonchev–Trinajstić information content (AvgIpc) is 2.56. The molecule has 28 heavy (non-hydrogen) atoms. The first-order chi connectivity index (χ1) is 13.0. The number of halogens is 2. The molecule has 1 unspecified atom stereocenters. The molecule has 152 valence electrons. The van der Waals surface area contributed by atoms with Crippen LogP contribution in [0.1, 0.15) is 30.0 Å². The predicted octanol–water partition coefficient (Wildman–Crippen LogP) is 4.47. The summed E-state index contributed by atoms with van der Waals surface area (Å²) in [5.41, 5.74) is 3.02. The van der Waals surface area contributed by atoms with Gasteiger partial charge < -0.3 is 5.32 Å². The number of benzene rings is 2. The zero-order valence-corrected chi connectivity index (χ0v) is 18.6. The molecule has 2 rings (SSSR count). The van der Waals surface area contributed by atoms with Crippen molar-refractivity contribution in [3.05, 3.63) is 63.1 Å². The molecular formula is C20H24Cl2N2O3S. The van der Waals surface area contributed by atoms with E-state index in [0.29, 0.717) is 27.7 Å². The molecule has 0 aliphatic carbocycles. The minimum absolute atomic E-state index is 0.176. The molecule has 0 saturated heterocycles. The lowest BCUT2D eigenvalue weighted by Crippen LogP contribution is -2.49. The topological polar surface area (TPSA) is 66.5 Å². The van der Waals surface area contributed by atoms with Crippen molar-refractivity contribution in [1.82, 2.24) is 5.32 Å². The summed E-state index contributed by atoms with van der Waals surface area (Å²) in [6.45, 7) is 5.73. The summed E-state index contributed by atoms with van der Waals surface area (Å²) in [4.78, 5) is 12.9. The predicted molar refractivity (Wildman–Crippen MR) is 116 cm³/mol. The molecule has 0 bridgehead atoms. The van der Waals surface area contributed by atoms with Gasteiger partial charge in [0.2, 0.25) is 15.9 Å². The van der Waals surface area contributed by atoms with Crippen LogP contribution in [0.5, 0.6) is 0 Å². The molecule has 0 aliphatic heterocycles. The number of sulfonamides is 1. The number of carbonyl (C=O) groups excluding carboxylic acids is 1. The number of amides is 1. The third-order valence-corrected chi connectivity index (χ3v) is 6.03. The first kappa shape index (κ1) is 22.5. The maximum absolute atomic E-state index is 12.9. The number of hydrogen-bond donors (Lipinski definition) is 1. The van der Waals surface area contributed by atoms with Gasteiger partial charge in [0.25, 0.3) is 0 Å². The van der Waals surface area contributed by atoms with Gasteiger partial charge in [-0.3, -0.25) is 9.10 Å². The Hall–Kier alpha value is -1.76. The molecule has 0 radical (unpaired) electrons. The summed E-state index contributed by atoms with van der Waals surface area (Å²) >= 11 is 12.0. The Labute approximate surface area is 176 Å². The van der Waals surface area contributed by atoms with Gasteiger partial charge in [0, 0.05) is 16.6 Å². The Bertz CT molecular complexity index is 957. The Morgan fingerprint density at radius 2 is 1.71 bits per heavy atom. The number of nitrogens with one attached hydrogen (secondary N) is 1. The van der Waals surface area contributed by atoms with Gasteiger partial charge in [-0.25, -0.2) is 8.42 Å². The molecule has 1 N–H and O–H groups in total. The Balaban J connectivity index is 2.31. The van der Waals surface area contributed by atoms with E-state index >= 15 is 0 Å². The van der Waals surface area contributed by atoms with E-state index in [-0.39, 0.29) is 6.54 Å². The van der Waals surface area contributed by atoms with Gasteiger partial charge in [-0.15, -0.1) is 0 Å². The Kier molecular flexibility index (Phi) is 7.37. The number of anilines is 1. The number of carbonyl (C=O) groups is 1. The minimum Gasteiger partial charge on any atom is -0.350 e. The van der Waals surface area contributed by atoms with Gasteiger partial charge in [0.15, 0.2) is 0 Å². The third-order valence-electron chi connectivity index (χ3n) is 4.26. The van der Waals surface area contributed by atoms with Crippen molar-refractivity contribution < 1.29 is 13.2 Å². The molecule has 0 heterocycles. The van der Waals surface area contributed by atoms with Crippen LogP contribution in [0.3, 0.4) is 0 Å². The van der Waals surface area contributed by atoms with Crippen molar-refractivity contribution in [2.24, 2.45) is 0 Å². The van der Waals surface area contributed by atoms with Gasteiger partial charge in [0.05, 0.1) is 11.9 Å². The van der Waals surface area contributed by atoms with Gasteiger partial charge in [0.1, 0.15) is 6.04 Å². The zero-order chi connectivity index (χ0) is 21.1. The van der Waals surface area contributed by atoms with E-state index in [9.17, 15) is 13.2 Å². The van der Waals surface area contributed by atoms with Crippen LogP contribution in [0.25, 0.3) is 0 Å². The summed E-state index contributed by atoms with van der Waals surface area (Å²) in [6.07, 6.45) is 1.43. The molecular weight excluding hydrogens is 419 g/mol. The minimum atomic E-state index is -3.68. The van der Waals surface area contributed by atoms with Gasteiger partial charge in [-0.1, -0.05) is 42.3 Å². The largest absolute Gasteiger partial charge is 0.350 e. The second-order valence-electron chi connectivity index (χ2n) is 6.78. The summed E-state index contributed by atoms with van der Waals surface area (Å²) in [6, 6.07) is 9.62. The average molecular weight is 443 g/mol. The summed E-state index contributed by atoms with van der Waals surface area (Å²) in [5.74, 6) is -0.391. The van der Waals surface area contributed by atoms with Crippen LogP contribution in [0.4, 0.5) is 5.69 Å². The van der Waals surface area contributed by atoms with E-state index in [2.05, 4.69) is 5.32 Å². The molecule has 5 nitrogen and oxygen atoms in total. The first-order valence-electron chi connectivity index (χ1n) is 8.82. The lowest BCUT2D eigenvalue weighted by atomic mass is 10.1. The molecule has 8 heteroatoms. The monoisotopic (exact) mass is 442 g/mol. The van der Waals surface area contributed by atoms with E-state index < -0.39 is 22.0 Å². The molecule has 0 aromatic heterocycles.